The van der Waals surface area contributed by atoms with Gasteiger partial charge in [0.25, 0.3) is 0 Å². The quantitative estimate of drug-likeness (QED) is 0.675. The molecular weight excluding hydrogens is 206 g/mol. The van der Waals surface area contributed by atoms with Crippen LogP contribution in [0.1, 0.15) is 24.8 Å². The smallest absolute Gasteiger partial charge is 0.104 e. The summed E-state index contributed by atoms with van der Waals surface area (Å²) in [5.74, 6) is 0. The lowest BCUT2D eigenvalue weighted by molar-refractivity contribution is -0.926. The Hall–Kier alpha value is -0.530. The molecule has 1 aromatic rings. The van der Waals surface area contributed by atoms with Crippen molar-refractivity contribution < 1.29 is 4.48 Å². The van der Waals surface area contributed by atoms with Gasteiger partial charge in [-0.2, -0.15) is 0 Å². The lowest BCUT2D eigenvalue weighted by Crippen LogP contribution is -2.46. The van der Waals surface area contributed by atoms with Gasteiger partial charge >= 0.3 is 0 Å². The molecule has 0 amide bonds. The zero-order valence-electron chi connectivity index (χ0n) is 9.38. The van der Waals surface area contributed by atoms with Crippen molar-refractivity contribution in [1.82, 2.24) is 0 Å². The summed E-state index contributed by atoms with van der Waals surface area (Å²) in [5.41, 5.74) is 1.41. The van der Waals surface area contributed by atoms with Crippen molar-refractivity contribution in [3.63, 3.8) is 0 Å². The van der Waals surface area contributed by atoms with Gasteiger partial charge in [-0.15, -0.1) is 0 Å². The molecule has 1 aliphatic heterocycles. The Bertz CT molecular complexity index is 312. The molecule has 1 nitrogen and oxygen atoms in total. The Kier molecular flexibility index (Phi) is 3.32. The van der Waals surface area contributed by atoms with E-state index in [1.165, 1.54) is 42.4 Å². The van der Waals surface area contributed by atoms with E-state index < -0.39 is 0 Å². The van der Waals surface area contributed by atoms with Gasteiger partial charge < -0.3 is 4.48 Å². The van der Waals surface area contributed by atoms with Crippen molar-refractivity contribution >= 4 is 11.6 Å². The summed E-state index contributed by atoms with van der Waals surface area (Å²) >= 11 is 5.88. The van der Waals surface area contributed by atoms with Crippen LogP contribution in [0.4, 0.5) is 0 Å². The minimum atomic E-state index is 0.833. The highest BCUT2D eigenvalue weighted by atomic mass is 35.5. The molecule has 1 heterocycles. The van der Waals surface area contributed by atoms with Crippen LogP contribution in [0.2, 0.25) is 5.02 Å². The van der Waals surface area contributed by atoms with Crippen LogP contribution in [-0.2, 0) is 6.54 Å². The third-order valence-corrected chi connectivity index (χ3v) is 3.63. The van der Waals surface area contributed by atoms with Crippen LogP contribution in [0, 0.1) is 0 Å². The molecule has 1 saturated heterocycles. The van der Waals surface area contributed by atoms with E-state index in [1.807, 2.05) is 12.1 Å². The normalized spacial score (nSPS) is 20.1. The van der Waals surface area contributed by atoms with E-state index in [1.54, 1.807) is 0 Å². The molecule has 1 aromatic carbocycles. The third-order valence-electron chi connectivity index (χ3n) is 3.37. The molecule has 0 bridgehead atoms. The molecule has 0 aliphatic carbocycles. The lowest BCUT2D eigenvalue weighted by Gasteiger charge is -2.37. The van der Waals surface area contributed by atoms with Crippen LogP contribution in [0.15, 0.2) is 24.3 Å². The number of benzene rings is 1. The number of halogens is 1. The molecule has 0 spiro atoms. The number of piperidine rings is 1. The average molecular weight is 225 g/mol. The first kappa shape index (κ1) is 11.0. The van der Waals surface area contributed by atoms with Gasteiger partial charge in [-0.25, -0.2) is 0 Å². The standard InChI is InChI=1S/C13H19ClN/c1-15(9-3-2-4-10-15)11-12-5-7-13(14)8-6-12/h5-8H,2-4,9-11H2,1H3/q+1. The number of rotatable bonds is 2. The van der Waals surface area contributed by atoms with E-state index in [-0.39, 0.29) is 0 Å². The molecule has 15 heavy (non-hydrogen) atoms. The van der Waals surface area contributed by atoms with E-state index in [4.69, 9.17) is 11.6 Å². The highest BCUT2D eigenvalue weighted by Crippen LogP contribution is 2.20. The molecule has 0 aromatic heterocycles. The Morgan fingerprint density at radius 2 is 1.67 bits per heavy atom. The van der Waals surface area contributed by atoms with Crippen molar-refractivity contribution in [2.45, 2.75) is 25.8 Å². The number of hydrogen-bond acceptors (Lipinski definition) is 0. The summed E-state index contributed by atoms with van der Waals surface area (Å²) < 4.78 is 1.20. The molecule has 0 saturated carbocycles. The molecule has 0 N–H and O–H groups in total. The molecule has 2 heteroatoms. The molecule has 0 unspecified atom stereocenters. The molecule has 2 rings (SSSR count). The van der Waals surface area contributed by atoms with Crippen LogP contribution in [-0.4, -0.2) is 24.6 Å². The SMILES string of the molecule is C[N+]1(Cc2ccc(Cl)cc2)CCCCC1. The maximum Gasteiger partial charge on any atom is 0.104 e. The van der Waals surface area contributed by atoms with Crippen LogP contribution < -0.4 is 0 Å². The van der Waals surface area contributed by atoms with Crippen molar-refractivity contribution in [2.24, 2.45) is 0 Å². The van der Waals surface area contributed by atoms with Crippen molar-refractivity contribution in [2.75, 3.05) is 20.1 Å². The average Bonchev–Trinajstić information content (AvgIpc) is 2.22. The second kappa shape index (κ2) is 4.54. The Morgan fingerprint density at radius 1 is 1.07 bits per heavy atom. The first-order valence-corrected chi connectivity index (χ1v) is 6.14. The van der Waals surface area contributed by atoms with Gasteiger partial charge in [0.15, 0.2) is 0 Å². The minimum absolute atomic E-state index is 0.833. The summed E-state index contributed by atoms with van der Waals surface area (Å²) in [6.07, 6.45) is 4.17. The number of likely N-dealkylation sites (tertiary alicyclic amines) is 1. The zero-order chi connectivity index (χ0) is 10.7. The van der Waals surface area contributed by atoms with Crippen molar-refractivity contribution in [3.8, 4) is 0 Å². The van der Waals surface area contributed by atoms with E-state index in [0.717, 1.165) is 11.6 Å². The molecule has 1 fully saturated rings. The minimum Gasteiger partial charge on any atom is -0.322 e. The van der Waals surface area contributed by atoms with Gasteiger partial charge in [-0.1, -0.05) is 23.7 Å². The van der Waals surface area contributed by atoms with Crippen LogP contribution in [0.3, 0.4) is 0 Å². The van der Waals surface area contributed by atoms with Crippen molar-refractivity contribution in [3.05, 3.63) is 34.9 Å². The topological polar surface area (TPSA) is 0 Å². The number of nitrogens with zero attached hydrogens (tertiary/aromatic N) is 1. The highest BCUT2D eigenvalue weighted by Gasteiger charge is 2.24. The van der Waals surface area contributed by atoms with E-state index in [2.05, 4.69) is 19.2 Å². The summed E-state index contributed by atoms with van der Waals surface area (Å²) in [4.78, 5) is 0. The molecule has 82 valence electrons. The molecule has 0 radical (unpaired) electrons. The van der Waals surface area contributed by atoms with E-state index in [9.17, 15) is 0 Å². The monoisotopic (exact) mass is 224 g/mol. The fourth-order valence-corrected chi connectivity index (χ4v) is 2.59. The van der Waals surface area contributed by atoms with Gasteiger partial charge in [0.1, 0.15) is 6.54 Å². The zero-order valence-corrected chi connectivity index (χ0v) is 10.1. The largest absolute Gasteiger partial charge is 0.322 e. The predicted octanol–water partition coefficient (Wildman–Crippen LogP) is 3.47. The fourth-order valence-electron chi connectivity index (χ4n) is 2.46. The lowest BCUT2D eigenvalue weighted by atomic mass is 10.1. The Balaban J connectivity index is 2.03. The molecule has 0 atom stereocenters. The van der Waals surface area contributed by atoms with Crippen LogP contribution in [0.5, 0.6) is 0 Å². The first-order chi connectivity index (χ1) is 7.18. The molecular formula is C13H19ClN+. The summed E-state index contributed by atoms with van der Waals surface area (Å²) in [5, 5.41) is 0.833. The van der Waals surface area contributed by atoms with Gasteiger partial charge in [0.05, 0.1) is 20.1 Å². The highest BCUT2D eigenvalue weighted by molar-refractivity contribution is 6.30. The van der Waals surface area contributed by atoms with Crippen LogP contribution in [0.25, 0.3) is 0 Å². The first-order valence-electron chi connectivity index (χ1n) is 5.76. The van der Waals surface area contributed by atoms with Crippen molar-refractivity contribution in [1.29, 1.82) is 0 Å². The van der Waals surface area contributed by atoms with E-state index >= 15 is 0 Å². The fraction of sp³-hybridized carbons (Fsp3) is 0.538. The van der Waals surface area contributed by atoms with E-state index in [0.29, 0.717) is 0 Å². The van der Waals surface area contributed by atoms with Gasteiger partial charge in [0, 0.05) is 10.6 Å². The second-order valence-corrected chi connectivity index (χ2v) is 5.35. The maximum absolute atomic E-state index is 5.88. The summed E-state index contributed by atoms with van der Waals surface area (Å²) in [7, 11) is 2.37. The Morgan fingerprint density at radius 3 is 2.27 bits per heavy atom. The molecule has 1 aliphatic rings. The number of quaternary nitrogens is 1. The summed E-state index contributed by atoms with van der Waals surface area (Å²) in [6, 6.07) is 8.29. The maximum atomic E-state index is 5.88. The Labute approximate surface area is 97.3 Å². The third kappa shape index (κ3) is 2.96. The van der Waals surface area contributed by atoms with Gasteiger partial charge in [-0.05, 0) is 31.4 Å². The second-order valence-electron chi connectivity index (χ2n) is 4.91. The van der Waals surface area contributed by atoms with Gasteiger partial charge in [-0.3, -0.25) is 0 Å². The number of hydrogen-bond donors (Lipinski definition) is 0. The van der Waals surface area contributed by atoms with Crippen LogP contribution >= 0.6 is 11.6 Å². The van der Waals surface area contributed by atoms with Gasteiger partial charge in [0.2, 0.25) is 0 Å². The summed E-state index contributed by atoms with van der Waals surface area (Å²) in [6.45, 7) is 3.79. The predicted molar refractivity (Wildman–Crippen MR) is 64.9 cm³/mol.